The van der Waals surface area contributed by atoms with Crippen molar-refractivity contribution in [1.29, 1.82) is 0 Å². The van der Waals surface area contributed by atoms with Crippen LogP contribution in [0.4, 0.5) is 0 Å². The van der Waals surface area contributed by atoms with Gasteiger partial charge in [-0.2, -0.15) is 5.10 Å². The molecule has 0 spiro atoms. The normalized spacial score (nSPS) is 17.1. The van der Waals surface area contributed by atoms with Gasteiger partial charge in [0.2, 0.25) is 5.91 Å². The van der Waals surface area contributed by atoms with Crippen LogP contribution in [-0.4, -0.2) is 70.6 Å². The van der Waals surface area contributed by atoms with Gasteiger partial charge in [0.25, 0.3) is 0 Å². The molecule has 2 rings (SSSR count). The van der Waals surface area contributed by atoms with Gasteiger partial charge in [0.05, 0.1) is 25.0 Å². The first-order chi connectivity index (χ1) is 10.5. The molecule has 0 aliphatic carbocycles. The summed E-state index contributed by atoms with van der Waals surface area (Å²) in [6.45, 7) is 6.42. The summed E-state index contributed by atoms with van der Waals surface area (Å²) < 4.78 is 6.76. The van der Waals surface area contributed by atoms with Gasteiger partial charge in [-0.15, -0.1) is 0 Å². The molecule has 22 heavy (non-hydrogen) atoms. The van der Waals surface area contributed by atoms with Crippen LogP contribution in [0.1, 0.15) is 23.7 Å². The van der Waals surface area contributed by atoms with Gasteiger partial charge in [0.1, 0.15) is 0 Å². The van der Waals surface area contributed by atoms with Gasteiger partial charge >= 0.3 is 5.97 Å². The summed E-state index contributed by atoms with van der Waals surface area (Å²) in [5, 5.41) is 15.7. The number of nitrogens with one attached hydrogen (secondary N) is 1. The zero-order chi connectivity index (χ0) is 15.9. The predicted octanol–water partition coefficient (Wildman–Crippen LogP) is -0.192. The molecule has 1 aliphatic rings. The molecule has 8 nitrogen and oxygen atoms in total. The number of carboxylic acids is 1. The monoisotopic (exact) mass is 310 g/mol. The highest BCUT2D eigenvalue weighted by atomic mass is 16.5. The molecule has 2 N–H and O–H groups in total. The van der Waals surface area contributed by atoms with Gasteiger partial charge in [-0.05, 0) is 6.92 Å². The molecule has 1 unspecified atom stereocenters. The van der Waals surface area contributed by atoms with Gasteiger partial charge in [-0.3, -0.25) is 14.4 Å². The van der Waals surface area contributed by atoms with E-state index in [9.17, 15) is 9.59 Å². The molecule has 1 atom stereocenters. The predicted molar refractivity (Wildman–Crippen MR) is 78.7 cm³/mol. The standard InChI is InChI=1S/C14H22N4O4/c1-11(9-17-4-6-22-7-5-17)16-13(19)2-3-18-10-12(8-15-18)14(20)21/h8,10-11H,2-7,9H2,1H3,(H,16,19)(H,20,21). The van der Waals surface area contributed by atoms with Gasteiger partial charge in [-0.1, -0.05) is 0 Å². The molecule has 0 aromatic carbocycles. The van der Waals surface area contributed by atoms with E-state index >= 15 is 0 Å². The minimum absolute atomic E-state index is 0.0619. The van der Waals surface area contributed by atoms with Crippen molar-refractivity contribution in [3.05, 3.63) is 18.0 Å². The Morgan fingerprint density at radius 3 is 2.82 bits per heavy atom. The molecule has 1 aliphatic heterocycles. The van der Waals surface area contributed by atoms with Gasteiger partial charge in [0.15, 0.2) is 0 Å². The Kier molecular flexibility index (Phi) is 5.91. The number of ether oxygens (including phenoxy) is 1. The number of carboxylic acid groups (broad SMARTS) is 1. The van der Waals surface area contributed by atoms with Gasteiger partial charge < -0.3 is 15.2 Å². The van der Waals surface area contributed by atoms with E-state index in [1.165, 1.54) is 17.1 Å². The van der Waals surface area contributed by atoms with Crippen LogP contribution >= 0.6 is 0 Å². The second-order valence-corrected chi connectivity index (χ2v) is 5.43. The highest BCUT2D eigenvalue weighted by molar-refractivity contribution is 5.86. The lowest BCUT2D eigenvalue weighted by atomic mass is 10.2. The van der Waals surface area contributed by atoms with Crippen LogP contribution in [0.15, 0.2) is 12.4 Å². The van der Waals surface area contributed by atoms with Crippen LogP contribution in [0.25, 0.3) is 0 Å². The fourth-order valence-electron chi connectivity index (χ4n) is 2.38. The number of nitrogens with zero attached hydrogens (tertiary/aromatic N) is 3. The number of aromatic carboxylic acids is 1. The fourth-order valence-corrected chi connectivity index (χ4v) is 2.38. The lowest BCUT2D eigenvalue weighted by Gasteiger charge is -2.29. The minimum atomic E-state index is -1.02. The van der Waals surface area contributed by atoms with E-state index in [1.54, 1.807) is 0 Å². The van der Waals surface area contributed by atoms with Crippen molar-refractivity contribution >= 4 is 11.9 Å². The summed E-state index contributed by atoms with van der Waals surface area (Å²) in [5.41, 5.74) is 0.126. The number of amides is 1. The number of carbonyl (C=O) groups excluding carboxylic acids is 1. The van der Waals surface area contributed by atoms with E-state index in [-0.39, 0.29) is 23.9 Å². The Labute approximate surface area is 129 Å². The van der Waals surface area contributed by atoms with Crippen molar-refractivity contribution in [2.45, 2.75) is 25.9 Å². The third-order valence-corrected chi connectivity index (χ3v) is 3.49. The molecule has 1 aromatic rings. The summed E-state index contributed by atoms with van der Waals surface area (Å²) in [6.07, 6.45) is 2.97. The van der Waals surface area contributed by atoms with Gasteiger partial charge in [0, 0.05) is 44.8 Å². The maximum absolute atomic E-state index is 11.9. The van der Waals surface area contributed by atoms with E-state index in [1.807, 2.05) is 6.92 Å². The van der Waals surface area contributed by atoms with Crippen LogP contribution in [0.2, 0.25) is 0 Å². The number of hydrogen-bond donors (Lipinski definition) is 2. The van der Waals surface area contributed by atoms with Crippen molar-refractivity contribution in [2.24, 2.45) is 0 Å². The molecule has 0 saturated carbocycles. The number of aryl methyl sites for hydroxylation is 1. The van der Waals surface area contributed by atoms with Crippen LogP contribution in [-0.2, 0) is 16.1 Å². The largest absolute Gasteiger partial charge is 0.478 e. The first-order valence-electron chi connectivity index (χ1n) is 7.40. The van der Waals surface area contributed by atoms with Crippen LogP contribution in [0.5, 0.6) is 0 Å². The molecule has 1 aromatic heterocycles. The van der Waals surface area contributed by atoms with E-state index in [2.05, 4.69) is 15.3 Å². The Balaban J connectivity index is 1.69. The molecule has 2 heterocycles. The van der Waals surface area contributed by atoms with Crippen molar-refractivity contribution in [3.63, 3.8) is 0 Å². The summed E-state index contributed by atoms with van der Waals surface area (Å²) in [7, 11) is 0. The third-order valence-electron chi connectivity index (χ3n) is 3.49. The summed E-state index contributed by atoms with van der Waals surface area (Å²) in [5.74, 6) is -1.08. The second kappa shape index (κ2) is 7.90. The molecule has 0 radical (unpaired) electrons. The maximum atomic E-state index is 11.9. The smallest absolute Gasteiger partial charge is 0.338 e. The molecular formula is C14H22N4O4. The van der Waals surface area contributed by atoms with E-state index in [0.717, 1.165) is 32.8 Å². The number of morpholine rings is 1. The zero-order valence-electron chi connectivity index (χ0n) is 12.7. The Bertz CT molecular complexity index is 511. The van der Waals surface area contributed by atoms with Crippen LogP contribution in [0, 0.1) is 0 Å². The summed E-state index contributed by atoms with van der Waals surface area (Å²) in [4.78, 5) is 24.9. The van der Waals surface area contributed by atoms with E-state index < -0.39 is 5.97 Å². The third kappa shape index (κ3) is 5.12. The van der Waals surface area contributed by atoms with E-state index in [0.29, 0.717) is 6.54 Å². The van der Waals surface area contributed by atoms with E-state index in [4.69, 9.17) is 9.84 Å². The Morgan fingerprint density at radius 1 is 1.45 bits per heavy atom. The molecule has 1 amide bonds. The number of carbonyl (C=O) groups is 2. The Hall–Kier alpha value is -1.93. The van der Waals surface area contributed by atoms with Crippen molar-refractivity contribution in [2.75, 3.05) is 32.8 Å². The highest BCUT2D eigenvalue weighted by Gasteiger charge is 2.15. The number of rotatable bonds is 7. The molecule has 0 bridgehead atoms. The quantitative estimate of drug-likeness (QED) is 0.724. The summed E-state index contributed by atoms with van der Waals surface area (Å²) >= 11 is 0. The lowest BCUT2D eigenvalue weighted by Crippen LogP contribution is -2.46. The molecule has 8 heteroatoms. The topological polar surface area (TPSA) is 96.7 Å². The van der Waals surface area contributed by atoms with Gasteiger partial charge in [-0.25, -0.2) is 4.79 Å². The second-order valence-electron chi connectivity index (χ2n) is 5.43. The number of aromatic nitrogens is 2. The molecule has 1 fully saturated rings. The first-order valence-corrected chi connectivity index (χ1v) is 7.40. The minimum Gasteiger partial charge on any atom is -0.478 e. The summed E-state index contributed by atoms with van der Waals surface area (Å²) in [6, 6.07) is 0.0674. The highest BCUT2D eigenvalue weighted by Crippen LogP contribution is 2.00. The maximum Gasteiger partial charge on any atom is 0.338 e. The average Bonchev–Trinajstić information content (AvgIpc) is 2.95. The van der Waals surface area contributed by atoms with Crippen molar-refractivity contribution in [3.8, 4) is 0 Å². The fraction of sp³-hybridized carbons (Fsp3) is 0.643. The van der Waals surface area contributed by atoms with Crippen LogP contribution in [0.3, 0.4) is 0 Å². The zero-order valence-corrected chi connectivity index (χ0v) is 12.7. The first kappa shape index (κ1) is 16.4. The molecule has 122 valence electrons. The molecule has 1 saturated heterocycles. The SMILES string of the molecule is CC(CN1CCOCC1)NC(=O)CCn1cc(C(=O)O)cn1. The number of hydrogen-bond acceptors (Lipinski definition) is 5. The molecular weight excluding hydrogens is 288 g/mol. The van der Waals surface area contributed by atoms with Crippen molar-refractivity contribution in [1.82, 2.24) is 20.0 Å². The average molecular weight is 310 g/mol. The van der Waals surface area contributed by atoms with Crippen molar-refractivity contribution < 1.29 is 19.4 Å². The lowest BCUT2D eigenvalue weighted by molar-refractivity contribution is -0.122. The van der Waals surface area contributed by atoms with Crippen LogP contribution < -0.4 is 5.32 Å². The Morgan fingerprint density at radius 2 is 2.18 bits per heavy atom.